The van der Waals surface area contributed by atoms with Crippen LogP contribution in [0.5, 0.6) is 0 Å². The molecule has 0 radical (unpaired) electrons. The van der Waals surface area contributed by atoms with Crippen molar-refractivity contribution in [2.75, 3.05) is 12.0 Å². The lowest BCUT2D eigenvalue weighted by atomic mass is 10.0. The average Bonchev–Trinajstić information content (AvgIpc) is 2.97. The van der Waals surface area contributed by atoms with E-state index in [0.29, 0.717) is 9.84 Å². The van der Waals surface area contributed by atoms with Crippen LogP contribution < -0.4 is 5.73 Å². The number of fused-ring (bicyclic) bond motifs is 1. The van der Waals surface area contributed by atoms with Gasteiger partial charge in [-0.3, -0.25) is 0 Å². The van der Waals surface area contributed by atoms with E-state index in [9.17, 15) is 12.8 Å². The summed E-state index contributed by atoms with van der Waals surface area (Å²) in [4.78, 5) is 21.5. The van der Waals surface area contributed by atoms with Crippen LogP contribution in [0.4, 0.5) is 10.3 Å². The molecule has 3 aromatic rings. The highest BCUT2D eigenvalue weighted by molar-refractivity contribution is 7.90. The van der Waals surface area contributed by atoms with E-state index in [2.05, 4.69) is 15.0 Å². The quantitative estimate of drug-likeness (QED) is 0.534. The van der Waals surface area contributed by atoms with Crippen molar-refractivity contribution in [2.24, 2.45) is 0 Å². The van der Waals surface area contributed by atoms with Crippen LogP contribution in [0.25, 0.3) is 10.3 Å². The summed E-state index contributed by atoms with van der Waals surface area (Å²) < 4.78 is 36.8. The van der Waals surface area contributed by atoms with Gasteiger partial charge in [0.25, 0.3) is 0 Å². The molecular weight excluding hydrogens is 379 g/mol. The number of hydrogen-bond acceptors (Lipinski definition) is 8. The summed E-state index contributed by atoms with van der Waals surface area (Å²) in [5, 5.41) is 0.491. The second-order valence-electron chi connectivity index (χ2n) is 5.37. The number of nitrogens with two attached hydrogens (primary N) is 1. The third-order valence-electron chi connectivity index (χ3n) is 3.35. The molecule has 10 heteroatoms. The molecule has 0 amide bonds. The summed E-state index contributed by atoms with van der Waals surface area (Å²) in [7, 11) is -3.57. The van der Waals surface area contributed by atoms with E-state index in [1.165, 1.54) is 30.4 Å². The first-order valence-corrected chi connectivity index (χ1v) is 10.2. The van der Waals surface area contributed by atoms with Gasteiger partial charge in [0.15, 0.2) is 19.7 Å². The van der Waals surface area contributed by atoms with E-state index in [4.69, 9.17) is 10.5 Å². The molecule has 0 bridgehead atoms. The topological polar surface area (TPSA) is 116 Å². The van der Waals surface area contributed by atoms with Gasteiger partial charge in [0, 0.05) is 12.2 Å². The number of nitrogen functional groups attached to an aromatic ring is 1. The number of aldehydes is 1. The molecule has 0 spiro atoms. The van der Waals surface area contributed by atoms with Crippen LogP contribution in [0.1, 0.15) is 30.3 Å². The number of carbonyl (C=O) groups excluding carboxylic acids is 1. The Balaban J connectivity index is 0.000000758. The van der Waals surface area contributed by atoms with Crippen molar-refractivity contribution in [1.82, 2.24) is 15.0 Å². The highest BCUT2D eigenvalue weighted by atomic mass is 32.2. The van der Waals surface area contributed by atoms with Crippen molar-refractivity contribution >= 4 is 43.8 Å². The van der Waals surface area contributed by atoms with Crippen LogP contribution in [-0.2, 0) is 14.6 Å². The molecule has 138 valence electrons. The molecule has 1 atom stereocenters. The Morgan fingerprint density at radius 2 is 1.77 bits per heavy atom. The predicted octanol–water partition coefficient (Wildman–Crippen LogP) is 2.57. The normalized spacial score (nSPS) is 12.3. The van der Waals surface area contributed by atoms with E-state index in [1.54, 1.807) is 12.1 Å². The molecule has 2 N–H and O–H groups in total. The number of halogens is 1. The Kier molecular flexibility index (Phi) is 5.98. The van der Waals surface area contributed by atoms with E-state index in [-0.39, 0.29) is 28.2 Å². The van der Waals surface area contributed by atoms with Gasteiger partial charge in [-0.05, 0) is 24.6 Å². The molecule has 0 aliphatic rings. The van der Waals surface area contributed by atoms with Crippen LogP contribution in [0.2, 0.25) is 0 Å². The first-order valence-electron chi connectivity index (χ1n) is 7.46. The number of thiazole rings is 1. The number of aromatic nitrogens is 3. The lowest BCUT2D eigenvalue weighted by Crippen LogP contribution is -2.06. The van der Waals surface area contributed by atoms with Gasteiger partial charge in [-0.1, -0.05) is 30.4 Å². The number of sulfone groups is 1. The molecule has 2 heterocycles. The van der Waals surface area contributed by atoms with Gasteiger partial charge >= 0.3 is 0 Å². The minimum absolute atomic E-state index is 0.109. The first-order chi connectivity index (χ1) is 12.2. The van der Waals surface area contributed by atoms with Crippen LogP contribution in [0, 0.1) is 5.82 Å². The maximum absolute atomic E-state index is 13.0. The number of rotatable bonds is 3. The van der Waals surface area contributed by atoms with Crippen LogP contribution in [0.15, 0.2) is 29.3 Å². The highest BCUT2D eigenvalue weighted by Gasteiger charge is 2.22. The van der Waals surface area contributed by atoms with Gasteiger partial charge in [0.1, 0.15) is 22.6 Å². The molecule has 0 saturated carbocycles. The smallest absolute Gasteiger partial charge is 0.222 e. The van der Waals surface area contributed by atoms with Crippen LogP contribution in [-0.4, -0.2) is 35.9 Å². The maximum Gasteiger partial charge on any atom is 0.222 e. The average molecular weight is 396 g/mol. The number of nitrogens with zero attached hydrogens (tertiary/aromatic N) is 3. The van der Waals surface area contributed by atoms with Gasteiger partial charge in [-0.25, -0.2) is 22.8 Å². The molecule has 0 aliphatic carbocycles. The summed E-state index contributed by atoms with van der Waals surface area (Å²) in [5.41, 5.74) is 6.67. The summed E-state index contributed by atoms with van der Waals surface area (Å²) in [6.07, 6.45) is 1.80. The van der Waals surface area contributed by atoms with Gasteiger partial charge in [-0.2, -0.15) is 4.98 Å². The zero-order valence-corrected chi connectivity index (χ0v) is 15.9. The van der Waals surface area contributed by atoms with Gasteiger partial charge < -0.3 is 10.5 Å². The van der Waals surface area contributed by atoms with E-state index >= 15 is 0 Å². The molecule has 2 aromatic heterocycles. The minimum Gasteiger partial charge on any atom is -0.368 e. The summed E-state index contributed by atoms with van der Waals surface area (Å²) in [6.45, 7) is 3.35. The number of anilines is 1. The van der Waals surface area contributed by atoms with Crippen molar-refractivity contribution in [3.8, 4) is 0 Å². The van der Waals surface area contributed by atoms with Crippen molar-refractivity contribution in [3.63, 3.8) is 0 Å². The van der Waals surface area contributed by atoms with Crippen molar-refractivity contribution in [3.05, 3.63) is 40.7 Å². The number of carbonyl (C=O) groups is 1. The fourth-order valence-electron chi connectivity index (χ4n) is 2.17. The van der Waals surface area contributed by atoms with Gasteiger partial charge in [-0.15, -0.1) is 0 Å². The third kappa shape index (κ3) is 4.38. The molecule has 1 unspecified atom stereocenters. The Bertz CT molecular complexity index is 1030. The van der Waals surface area contributed by atoms with Gasteiger partial charge in [0.2, 0.25) is 5.95 Å². The van der Waals surface area contributed by atoms with Crippen LogP contribution in [0.3, 0.4) is 0 Å². The molecule has 3 rings (SSSR count). The monoisotopic (exact) mass is 396 g/mol. The Labute approximate surface area is 154 Å². The Morgan fingerprint density at radius 3 is 2.31 bits per heavy atom. The van der Waals surface area contributed by atoms with Crippen molar-refractivity contribution < 1.29 is 17.6 Å². The van der Waals surface area contributed by atoms with Crippen LogP contribution >= 0.6 is 11.3 Å². The van der Waals surface area contributed by atoms with Gasteiger partial charge in [0.05, 0.1) is 0 Å². The maximum atomic E-state index is 13.0. The minimum atomic E-state index is -3.57. The highest BCUT2D eigenvalue weighted by Crippen LogP contribution is 2.33. The van der Waals surface area contributed by atoms with E-state index < -0.39 is 9.84 Å². The lowest BCUT2D eigenvalue weighted by molar-refractivity contribution is -0.106. The zero-order chi connectivity index (χ0) is 19.5. The SMILES string of the molecule is CC(c1ccc(F)cc1)c1nc2c(S(C)(=O)=O)nc(N)nc2s1.CC=O. The molecule has 0 aliphatic heterocycles. The fraction of sp³-hybridized carbons (Fsp3) is 0.250. The number of hydrogen-bond donors (Lipinski definition) is 1. The lowest BCUT2D eigenvalue weighted by Gasteiger charge is -2.07. The second kappa shape index (κ2) is 7.83. The van der Waals surface area contributed by atoms with Crippen molar-refractivity contribution in [1.29, 1.82) is 0 Å². The van der Waals surface area contributed by atoms with E-state index in [1.807, 2.05) is 6.92 Å². The number of benzene rings is 1. The second-order valence-corrected chi connectivity index (χ2v) is 8.31. The predicted molar refractivity (Wildman–Crippen MR) is 98.4 cm³/mol. The molecular formula is C16H17FN4O3S2. The Hall–Kier alpha value is -2.46. The third-order valence-corrected chi connectivity index (χ3v) is 5.47. The fourth-order valence-corrected chi connectivity index (χ4v) is 4.01. The zero-order valence-electron chi connectivity index (χ0n) is 14.3. The molecule has 1 aromatic carbocycles. The molecule has 0 saturated heterocycles. The van der Waals surface area contributed by atoms with E-state index in [0.717, 1.165) is 18.1 Å². The molecule has 7 nitrogen and oxygen atoms in total. The summed E-state index contributed by atoms with van der Waals surface area (Å²) in [5.74, 6) is -0.561. The summed E-state index contributed by atoms with van der Waals surface area (Å²) >= 11 is 1.25. The molecule has 26 heavy (non-hydrogen) atoms. The standard InChI is InChI=1S/C14H13FN4O2S2.C2H4O/c1-7(8-3-5-9(15)6-4-8)11-17-10-12(22-11)18-14(16)19-13(10)23(2,20)21;1-2-3/h3-7H,1-2H3,(H2,16,18,19);2H,1H3. The molecule has 0 fully saturated rings. The summed E-state index contributed by atoms with van der Waals surface area (Å²) in [6, 6.07) is 6.09. The Morgan fingerprint density at radius 1 is 1.19 bits per heavy atom. The largest absolute Gasteiger partial charge is 0.368 e. The first kappa shape index (κ1) is 19.9. The van der Waals surface area contributed by atoms with Crippen molar-refractivity contribution in [2.45, 2.75) is 24.8 Å².